The molecule has 4 heteroatoms. The van der Waals surface area contributed by atoms with Gasteiger partial charge in [0.2, 0.25) is 0 Å². The fraction of sp³-hybridized carbons (Fsp3) is 0.556. The van der Waals surface area contributed by atoms with Crippen molar-refractivity contribution in [3.63, 3.8) is 0 Å². The van der Waals surface area contributed by atoms with E-state index in [4.69, 9.17) is 0 Å². The molecule has 1 aliphatic heterocycles. The van der Waals surface area contributed by atoms with E-state index in [1.807, 2.05) is 7.05 Å². The van der Waals surface area contributed by atoms with E-state index in [0.717, 1.165) is 13.0 Å². The van der Waals surface area contributed by atoms with E-state index in [1.54, 1.807) is 18.6 Å². The molecule has 1 saturated heterocycles. The molecule has 1 N–H and O–H groups in total. The third-order valence-electron chi connectivity index (χ3n) is 2.48. The highest BCUT2D eigenvalue weighted by Crippen LogP contribution is 2.28. The third kappa shape index (κ3) is 1.55. The number of likely N-dealkylation sites (N-methyl/N-ethyl adjacent to an activating group) is 1. The van der Waals surface area contributed by atoms with Crippen molar-refractivity contribution >= 4 is 0 Å². The van der Waals surface area contributed by atoms with Crippen LogP contribution >= 0.6 is 0 Å². The molecule has 0 saturated carbocycles. The van der Waals surface area contributed by atoms with Crippen LogP contribution in [0, 0.1) is 0 Å². The van der Waals surface area contributed by atoms with Crippen LogP contribution in [0.15, 0.2) is 18.6 Å². The second-order valence-electron chi connectivity index (χ2n) is 3.61. The molecule has 70 valence electrons. The zero-order chi connectivity index (χ0) is 9.31. The predicted molar refractivity (Wildman–Crippen MR) is 48.0 cm³/mol. The first kappa shape index (κ1) is 8.59. The molecule has 0 aliphatic carbocycles. The van der Waals surface area contributed by atoms with Crippen LogP contribution in [0.1, 0.15) is 12.1 Å². The van der Waals surface area contributed by atoms with Gasteiger partial charge in [0.25, 0.3) is 0 Å². The van der Waals surface area contributed by atoms with Crippen LogP contribution in [0.25, 0.3) is 0 Å². The van der Waals surface area contributed by atoms with Crippen molar-refractivity contribution in [3.8, 4) is 0 Å². The van der Waals surface area contributed by atoms with Crippen molar-refractivity contribution < 1.29 is 5.11 Å². The van der Waals surface area contributed by atoms with Gasteiger partial charge in [-0.3, -0.25) is 9.97 Å². The maximum Gasteiger partial charge on any atom is 0.122 e. The summed E-state index contributed by atoms with van der Waals surface area (Å²) >= 11 is 0. The third-order valence-corrected chi connectivity index (χ3v) is 2.48. The van der Waals surface area contributed by atoms with Crippen molar-refractivity contribution in [2.75, 3.05) is 20.1 Å². The second-order valence-corrected chi connectivity index (χ2v) is 3.61. The van der Waals surface area contributed by atoms with Gasteiger partial charge in [-0.2, -0.15) is 0 Å². The molecule has 1 fully saturated rings. The molecule has 0 radical (unpaired) electrons. The zero-order valence-electron chi connectivity index (χ0n) is 7.64. The Balaban J connectivity index is 2.26. The van der Waals surface area contributed by atoms with E-state index in [2.05, 4.69) is 14.9 Å². The Bertz CT molecular complexity index is 290. The first-order chi connectivity index (χ1) is 6.21. The van der Waals surface area contributed by atoms with Crippen LogP contribution in [0.2, 0.25) is 0 Å². The molecule has 1 aromatic heterocycles. The molecule has 1 unspecified atom stereocenters. The van der Waals surface area contributed by atoms with E-state index in [1.165, 1.54) is 0 Å². The molecule has 0 bridgehead atoms. The quantitative estimate of drug-likeness (QED) is 0.659. The summed E-state index contributed by atoms with van der Waals surface area (Å²) in [6.45, 7) is 1.55. The molecule has 1 aliphatic rings. The molecule has 2 heterocycles. The van der Waals surface area contributed by atoms with Crippen LogP contribution in [0.5, 0.6) is 0 Å². The van der Waals surface area contributed by atoms with Crippen molar-refractivity contribution in [2.45, 2.75) is 12.0 Å². The van der Waals surface area contributed by atoms with Gasteiger partial charge in [0.15, 0.2) is 0 Å². The Hall–Kier alpha value is -1.00. The van der Waals surface area contributed by atoms with E-state index in [0.29, 0.717) is 12.2 Å². The topological polar surface area (TPSA) is 49.2 Å². The Labute approximate surface area is 77.2 Å². The lowest BCUT2D eigenvalue weighted by Gasteiger charge is -2.20. The molecule has 0 aromatic carbocycles. The monoisotopic (exact) mass is 179 g/mol. The lowest BCUT2D eigenvalue weighted by atomic mass is 10.00. The van der Waals surface area contributed by atoms with Crippen LogP contribution in [0.3, 0.4) is 0 Å². The summed E-state index contributed by atoms with van der Waals surface area (Å²) in [5.74, 6) is 0. The Morgan fingerprint density at radius 1 is 1.54 bits per heavy atom. The lowest BCUT2D eigenvalue weighted by molar-refractivity contribution is 0.0440. The highest BCUT2D eigenvalue weighted by atomic mass is 16.3. The van der Waals surface area contributed by atoms with Gasteiger partial charge < -0.3 is 10.0 Å². The number of rotatable bonds is 1. The van der Waals surface area contributed by atoms with Gasteiger partial charge in [0.1, 0.15) is 5.60 Å². The SMILES string of the molecule is CN1CCC(O)(c2cnccn2)C1. The van der Waals surface area contributed by atoms with E-state index < -0.39 is 5.60 Å². The molecule has 4 nitrogen and oxygen atoms in total. The van der Waals surface area contributed by atoms with Crippen LogP contribution in [-0.2, 0) is 5.60 Å². The van der Waals surface area contributed by atoms with Crippen molar-refractivity contribution in [1.29, 1.82) is 0 Å². The minimum atomic E-state index is -0.789. The van der Waals surface area contributed by atoms with Crippen molar-refractivity contribution in [2.24, 2.45) is 0 Å². The second kappa shape index (κ2) is 3.05. The molecular weight excluding hydrogens is 166 g/mol. The Morgan fingerprint density at radius 3 is 2.92 bits per heavy atom. The smallest absolute Gasteiger partial charge is 0.122 e. The maximum absolute atomic E-state index is 10.2. The number of hydrogen-bond acceptors (Lipinski definition) is 4. The van der Waals surface area contributed by atoms with Crippen LogP contribution in [-0.4, -0.2) is 40.1 Å². The van der Waals surface area contributed by atoms with Gasteiger partial charge in [-0.05, 0) is 13.5 Å². The van der Waals surface area contributed by atoms with E-state index >= 15 is 0 Å². The summed E-state index contributed by atoms with van der Waals surface area (Å²) in [6, 6.07) is 0. The summed E-state index contributed by atoms with van der Waals surface area (Å²) in [5.41, 5.74) is -0.109. The summed E-state index contributed by atoms with van der Waals surface area (Å²) in [4.78, 5) is 10.2. The lowest BCUT2D eigenvalue weighted by Crippen LogP contribution is -2.30. The molecule has 2 rings (SSSR count). The first-order valence-corrected chi connectivity index (χ1v) is 4.38. The number of β-amino-alcohol motifs (C(OH)–C–C–N with tert-alkyl or cyclic N) is 1. The summed E-state index contributed by atoms with van der Waals surface area (Å²) in [6.07, 6.45) is 5.61. The van der Waals surface area contributed by atoms with Crippen LogP contribution in [0.4, 0.5) is 0 Å². The number of likely N-dealkylation sites (tertiary alicyclic amines) is 1. The minimum absolute atomic E-state index is 0.645. The van der Waals surface area contributed by atoms with Gasteiger partial charge in [0.05, 0.1) is 11.9 Å². The van der Waals surface area contributed by atoms with Gasteiger partial charge in [-0.25, -0.2) is 0 Å². The van der Waals surface area contributed by atoms with E-state index in [9.17, 15) is 5.11 Å². The molecule has 1 atom stereocenters. The molecule has 13 heavy (non-hydrogen) atoms. The van der Waals surface area contributed by atoms with Gasteiger partial charge in [-0.1, -0.05) is 0 Å². The van der Waals surface area contributed by atoms with Gasteiger partial charge >= 0.3 is 0 Å². The largest absolute Gasteiger partial charge is 0.382 e. The van der Waals surface area contributed by atoms with Crippen molar-refractivity contribution in [1.82, 2.24) is 14.9 Å². The number of aromatic nitrogens is 2. The number of aliphatic hydroxyl groups is 1. The molecule has 0 amide bonds. The molecular formula is C9H13N3O. The normalized spacial score (nSPS) is 29.4. The van der Waals surface area contributed by atoms with Gasteiger partial charge in [-0.15, -0.1) is 0 Å². The predicted octanol–water partition coefficient (Wildman–Crippen LogP) is -0.000300. The average Bonchev–Trinajstić information content (AvgIpc) is 2.49. The zero-order valence-corrected chi connectivity index (χ0v) is 7.64. The summed E-state index contributed by atoms with van der Waals surface area (Å²) in [7, 11) is 1.99. The Morgan fingerprint density at radius 2 is 2.38 bits per heavy atom. The van der Waals surface area contributed by atoms with Crippen LogP contribution < -0.4 is 0 Å². The highest BCUT2D eigenvalue weighted by Gasteiger charge is 2.37. The maximum atomic E-state index is 10.2. The summed E-state index contributed by atoms with van der Waals surface area (Å²) in [5, 5.41) is 10.2. The minimum Gasteiger partial charge on any atom is -0.382 e. The highest BCUT2D eigenvalue weighted by molar-refractivity contribution is 5.11. The first-order valence-electron chi connectivity index (χ1n) is 4.38. The summed E-state index contributed by atoms with van der Waals surface area (Å²) < 4.78 is 0. The van der Waals surface area contributed by atoms with Gasteiger partial charge in [0, 0.05) is 25.5 Å². The fourth-order valence-electron chi connectivity index (χ4n) is 1.73. The van der Waals surface area contributed by atoms with E-state index in [-0.39, 0.29) is 0 Å². The number of nitrogens with zero attached hydrogens (tertiary/aromatic N) is 3. The van der Waals surface area contributed by atoms with Crippen molar-refractivity contribution in [3.05, 3.63) is 24.3 Å². The average molecular weight is 179 g/mol. The molecule has 1 aromatic rings. The Kier molecular flexibility index (Phi) is 2.01. The fourth-order valence-corrected chi connectivity index (χ4v) is 1.73. The number of hydrogen-bond donors (Lipinski definition) is 1. The molecule has 0 spiro atoms. The standard InChI is InChI=1S/C9H13N3O/c1-12-5-2-9(13,7-12)8-6-10-3-4-11-8/h3-4,6,13H,2,5,7H2,1H3.